The fourth-order valence-electron chi connectivity index (χ4n) is 1.03. The van der Waals surface area contributed by atoms with E-state index in [2.05, 4.69) is 10.6 Å². The van der Waals surface area contributed by atoms with E-state index in [0.717, 1.165) is 6.54 Å². The maximum Gasteiger partial charge on any atom is 0.240 e. The number of amides is 1. The minimum Gasteiger partial charge on any atom is -0.394 e. The molecule has 0 spiro atoms. The minimum atomic E-state index is -0.596. The predicted octanol–water partition coefficient (Wildman–Crippen LogP) is 0.262. The maximum atomic E-state index is 11.7. The van der Waals surface area contributed by atoms with Crippen molar-refractivity contribution in [3.63, 3.8) is 0 Å². The number of nitrogens with one attached hydrogen (secondary N) is 2. The number of aliphatic hydroxyl groups excluding tert-OH is 1. The fourth-order valence-corrected chi connectivity index (χ4v) is 1.03. The second kappa shape index (κ2) is 4.75. The van der Waals surface area contributed by atoms with Gasteiger partial charge in [-0.1, -0.05) is 6.92 Å². The minimum absolute atomic E-state index is 0.0685. The lowest BCUT2D eigenvalue weighted by atomic mass is 10.0. The summed E-state index contributed by atoms with van der Waals surface area (Å²) < 4.78 is 0. The van der Waals surface area contributed by atoms with Gasteiger partial charge in [-0.2, -0.15) is 0 Å². The van der Waals surface area contributed by atoms with Gasteiger partial charge in [-0.15, -0.1) is 0 Å². The Hall–Kier alpha value is -0.610. The van der Waals surface area contributed by atoms with Gasteiger partial charge in [-0.05, 0) is 34.2 Å². The lowest BCUT2D eigenvalue weighted by Crippen LogP contribution is -2.58. The van der Waals surface area contributed by atoms with Crippen molar-refractivity contribution in [3.05, 3.63) is 0 Å². The number of likely N-dealkylation sites (N-methyl/N-ethyl adjacent to an activating group) is 1. The summed E-state index contributed by atoms with van der Waals surface area (Å²) in [5.74, 6) is -0.0987. The Morgan fingerprint density at radius 3 is 2.14 bits per heavy atom. The van der Waals surface area contributed by atoms with Crippen molar-refractivity contribution in [1.29, 1.82) is 0 Å². The molecule has 0 rings (SSSR count). The van der Waals surface area contributed by atoms with E-state index in [4.69, 9.17) is 5.11 Å². The first-order valence-electron chi connectivity index (χ1n) is 4.93. The zero-order valence-corrected chi connectivity index (χ0v) is 9.77. The smallest absolute Gasteiger partial charge is 0.240 e. The molecule has 0 aromatic heterocycles. The van der Waals surface area contributed by atoms with Crippen LogP contribution in [0.5, 0.6) is 0 Å². The van der Waals surface area contributed by atoms with E-state index in [9.17, 15) is 4.79 Å². The van der Waals surface area contributed by atoms with Gasteiger partial charge in [0.1, 0.15) is 0 Å². The zero-order chi connectivity index (χ0) is 11.4. The second-order valence-electron chi connectivity index (χ2n) is 4.65. The van der Waals surface area contributed by atoms with E-state index in [-0.39, 0.29) is 12.5 Å². The van der Waals surface area contributed by atoms with E-state index in [0.29, 0.717) is 0 Å². The van der Waals surface area contributed by atoms with Gasteiger partial charge < -0.3 is 15.7 Å². The first-order chi connectivity index (χ1) is 6.25. The van der Waals surface area contributed by atoms with Crippen molar-refractivity contribution in [3.8, 4) is 0 Å². The normalized spacial score (nSPS) is 12.7. The molecule has 14 heavy (non-hydrogen) atoms. The average molecular weight is 202 g/mol. The number of carbonyl (C=O) groups excluding carboxylic acids is 1. The van der Waals surface area contributed by atoms with Crippen molar-refractivity contribution in [1.82, 2.24) is 10.6 Å². The van der Waals surface area contributed by atoms with Crippen molar-refractivity contribution in [2.45, 2.75) is 45.7 Å². The summed E-state index contributed by atoms with van der Waals surface area (Å²) in [6, 6.07) is 0. The van der Waals surface area contributed by atoms with E-state index < -0.39 is 11.1 Å². The SMILES string of the molecule is CCNC(C)(C)C(=O)NC(C)(C)CO. The van der Waals surface area contributed by atoms with E-state index in [1.165, 1.54) is 0 Å². The third-order valence-electron chi connectivity index (χ3n) is 2.03. The summed E-state index contributed by atoms with van der Waals surface area (Å²) in [7, 11) is 0. The summed E-state index contributed by atoms with van der Waals surface area (Å²) in [6.07, 6.45) is 0. The van der Waals surface area contributed by atoms with Crippen LogP contribution in [0.2, 0.25) is 0 Å². The molecule has 0 saturated carbocycles. The molecular formula is C10H22N2O2. The first-order valence-corrected chi connectivity index (χ1v) is 4.93. The maximum absolute atomic E-state index is 11.7. The molecule has 0 atom stereocenters. The van der Waals surface area contributed by atoms with Gasteiger partial charge >= 0.3 is 0 Å². The number of rotatable bonds is 5. The molecule has 0 saturated heterocycles. The van der Waals surface area contributed by atoms with Gasteiger partial charge in [-0.3, -0.25) is 4.79 Å². The van der Waals surface area contributed by atoms with Crippen LogP contribution in [0.1, 0.15) is 34.6 Å². The molecular weight excluding hydrogens is 180 g/mol. The van der Waals surface area contributed by atoms with Gasteiger partial charge in [0.25, 0.3) is 0 Å². The van der Waals surface area contributed by atoms with E-state index in [1.54, 1.807) is 13.8 Å². The van der Waals surface area contributed by atoms with Crippen LogP contribution in [0, 0.1) is 0 Å². The molecule has 0 fully saturated rings. The largest absolute Gasteiger partial charge is 0.394 e. The van der Waals surface area contributed by atoms with Gasteiger partial charge in [0.2, 0.25) is 5.91 Å². The van der Waals surface area contributed by atoms with E-state index in [1.807, 2.05) is 20.8 Å². The topological polar surface area (TPSA) is 61.4 Å². The summed E-state index contributed by atoms with van der Waals surface area (Å²) in [5.41, 5.74) is -1.16. The van der Waals surface area contributed by atoms with Crippen molar-refractivity contribution >= 4 is 5.91 Å². The third-order valence-corrected chi connectivity index (χ3v) is 2.03. The zero-order valence-electron chi connectivity index (χ0n) is 9.77. The molecule has 4 nitrogen and oxygen atoms in total. The molecule has 0 radical (unpaired) electrons. The van der Waals surface area contributed by atoms with Crippen LogP contribution in [0.4, 0.5) is 0 Å². The van der Waals surface area contributed by atoms with Crippen LogP contribution in [-0.2, 0) is 4.79 Å². The highest BCUT2D eigenvalue weighted by Gasteiger charge is 2.30. The Bertz CT molecular complexity index is 200. The lowest BCUT2D eigenvalue weighted by Gasteiger charge is -2.31. The Morgan fingerprint density at radius 1 is 1.29 bits per heavy atom. The molecule has 0 heterocycles. The summed E-state index contributed by atoms with van der Waals surface area (Å²) in [4.78, 5) is 11.7. The monoisotopic (exact) mass is 202 g/mol. The van der Waals surface area contributed by atoms with Crippen molar-refractivity contribution in [2.75, 3.05) is 13.2 Å². The third kappa shape index (κ3) is 4.07. The van der Waals surface area contributed by atoms with E-state index >= 15 is 0 Å². The van der Waals surface area contributed by atoms with Crippen LogP contribution >= 0.6 is 0 Å². The number of carbonyl (C=O) groups is 1. The molecule has 0 aliphatic heterocycles. The van der Waals surface area contributed by atoms with Gasteiger partial charge in [-0.25, -0.2) is 0 Å². The van der Waals surface area contributed by atoms with Gasteiger partial charge in [0.15, 0.2) is 0 Å². The van der Waals surface area contributed by atoms with Crippen molar-refractivity contribution < 1.29 is 9.90 Å². The number of hydrogen-bond acceptors (Lipinski definition) is 3. The fraction of sp³-hybridized carbons (Fsp3) is 0.900. The highest BCUT2D eigenvalue weighted by atomic mass is 16.3. The van der Waals surface area contributed by atoms with Gasteiger partial charge in [0, 0.05) is 0 Å². The quantitative estimate of drug-likeness (QED) is 0.599. The second-order valence-corrected chi connectivity index (χ2v) is 4.65. The summed E-state index contributed by atoms with van der Waals surface area (Å²) in [6.45, 7) is 9.82. The Balaban J connectivity index is 4.34. The van der Waals surface area contributed by atoms with Crippen LogP contribution in [0.15, 0.2) is 0 Å². The van der Waals surface area contributed by atoms with Crippen LogP contribution in [0.25, 0.3) is 0 Å². The molecule has 4 heteroatoms. The Labute approximate surface area is 86.1 Å². The highest BCUT2D eigenvalue weighted by molar-refractivity contribution is 5.85. The predicted molar refractivity (Wildman–Crippen MR) is 57.1 cm³/mol. The molecule has 0 aliphatic carbocycles. The Morgan fingerprint density at radius 2 is 1.79 bits per heavy atom. The molecule has 0 bridgehead atoms. The van der Waals surface area contributed by atoms with Crippen molar-refractivity contribution in [2.24, 2.45) is 0 Å². The first kappa shape index (κ1) is 13.4. The molecule has 84 valence electrons. The number of hydrogen-bond donors (Lipinski definition) is 3. The lowest BCUT2D eigenvalue weighted by molar-refractivity contribution is -0.128. The van der Waals surface area contributed by atoms with Crippen LogP contribution in [0.3, 0.4) is 0 Å². The molecule has 0 unspecified atom stereocenters. The van der Waals surface area contributed by atoms with Crippen LogP contribution in [-0.4, -0.2) is 35.2 Å². The molecule has 0 aliphatic rings. The van der Waals surface area contributed by atoms with Gasteiger partial charge in [0.05, 0.1) is 17.7 Å². The summed E-state index contributed by atoms with van der Waals surface area (Å²) >= 11 is 0. The number of aliphatic hydroxyl groups is 1. The standard InChI is InChI=1S/C10H22N2O2/c1-6-11-10(4,5)8(14)12-9(2,3)7-13/h11,13H,6-7H2,1-5H3,(H,12,14). The molecule has 3 N–H and O–H groups in total. The molecule has 0 aromatic rings. The average Bonchev–Trinajstić information content (AvgIpc) is 2.03. The van der Waals surface area contributed by atoms with Crippen LogP contribution < -0.4 is 10.6 Å². The molecule has 1 amide bonds. The summed E-state index contributed by atoms with van der Waals surface area (Å²) in [5, 5.41) is 14.9. The molecule has 0 aromatic carbocycles. The highest BCUT2D eigenvalue weighted by Crippen LogP contribution is 2.06. The Kier molecular flexibility index (Phi) is 4.55.